The van der Waals surface area contributed by atoms with Crippen LogP contribution in [0.3, 0.4) is 0 Å². The molecule has 0 N–H and O–H groups in total. The molecule has 0 bridgehead atoms. The van der Waals surface area contributed by atoms with Crippen molar-refractivity contribution in [2.24, 2.45) is 5.16 Å². The van der Waals surface area contributed by atoms with Crippen LogP contribution in [-0.2, 0) is 21.1 Å². The van der Waals surface area contributed by atoms with Gasteiger partial charge >= 0.3 is 51.4 Å². The van der Waals surface area contributed by atoms with Crippen LogP contribution in [0.5, 0.6) is 0 Å². The molecule has 0 unspecified atom stereocenters. The first kappa shape index (κ1) is 20.1. The number of rotatable bonds is 5. The van der Waals surface area contributed by atoms with Gasteiger partial charge < -0.3 is 4.55 Å². The Kier molecular flexibility index (Phi) is 8.58. The quantitative estimate of drug-likeness (QED) is 0.186. The van der Waals surface area contributed by atoms with E-state index in [9.17, 15) is 13.0 Å². The average Bonchev–Trinajstić information content (AvgIpc) is 2.44. The van der Waals surface area contributed by atoms with Gasteiger partial charge in [-0.1, -0.05) is 54.5 Å². The SMILES string of the molecule is CCS/C(Cc1cccc2ccccc12)=N\OS(=O)(=O)[O-].[K+]. The first-order valence-electron chi connectivity index (χ1n) is 6.30. The van der Waals surface area contributed by atoms with Crippen LogP contribution in [0.2, 0.25) is 0 Å². The summed E-state index contributed by atoms with van der Waals surface area (Å²) in [5.74, 6) is 0.700. The molecule has 2 rings (SSSR count). The van der Waals surface area contributed by atoms with E-state index < -0.39 is 10.4 Å². The molecule has 0 aliphatic rings. The molecule has 0 atom stereocenters. The number of hydrogen-bond donors (Lipinski definition) is 0. The van der Waals surface area contributed by atoms with E-state index in [1.807, 2.05) is 49.4 Å². The van der Waals surface area contributed by atoms with Crippen molar-refractivity contribution in [1.29, 1.82) is 0 Å². The summed E-state index contributed by atoms with van der Waals surface area (Å²) in [6.07, 6.45) is 0.412. The van der Waals surface area contributed by atoms with Crippen LogP contribution in [0.15, 0.2) is 47.6 Å². The molecule has 0 aromatic heterocycles. The first-order chi connectivity index (χ1) is 9.99. The number of fused-ring (bicyclic) bond motifs is 1. The van der Waals surface area contributed by atoms with Crippen LogP contribution in [0.25, 0.3) is 10.8 Å². The molecule has 22 heavy (non-hydrogen) atoms. The fraction of sp³-hybridized carbons (Fsp3) is 0.214. The molecule has 0 amide bonds. The Labute approximate surface area is 176 Å². The van der Waals surface area contributed by atoms with Crippen LogP contribution in [-0.4, -0.2) is 23.8 Å². The number of hydrogen-bond acceptors (Lipinski definition) is 6. The molecule has 2 aromatic rings. The number of benzene rings is 2. The summed E-state index contributed by atoms with van der Waals surface area (Å²) in [4.78, 5) is 0. The van der Waals surface area contributed by atoms with Crippen LogP contribution >= 0.6 is 11.8 Å². The van der Waals surface area contributed by atoms with E-state index in [-0.39, 0.29) is 51.4 Å². The maximum atomic E-state index is 10.5. The van der Waals surface area contributed by atoms with Crippen LogP contribution in [0.4, 0.5) is 0 Å². The summed E-state index contributed by atoms with van der Waals surface area (Å²) < 4.78 is 35.5. The zero-order valence-electron chi connectivity index (χ0n) is 12.4. The Morgan fingerprint density at radius 1 is 1.23 bits per heavy atom. The van der Waals surface area contributed by atoms with Crippen molar-refractivity contribution in [3.63, 3.8) is 0 Å². The molecular formula is C14H14KNO4S2. The molecule has 0 saturated carbocycles. The maximum absolute atomic E-state index is 10.5. The van der Waals surface area contributed by atoms with Gasteiger partial charge in [-0.05, 0) is 22.1 Å². The van der Waals surface area contributed by atoms with Gasteiger partial charge in [0.2, 0.25) is 0 Å². The Balaban J connectivity index is 0.00000242. The second-order valence-electron chi connectivity index (χ2n) is 4.22. The molecule has 0 aliphatic heterocycles. The molecule has 0 saturated heterocycles. The molecule has 112 valence electrons. The minimum atomic E-state index is -4.82. The molecule has 0 fully saturated rings. The second kappa shape index (κ2) is 9.38. The smallest absolute Gasteiger partial charge is 0.714 e. The predicted molar refractivity (Wildman–Crippen MR) is 84.0 cm³/mol. The minimum Gasteiger partial charge on any atom is -0.714 e. The van der Waals surface area contributed by atoms with E-state index in [1.54, 1.807) is 0 Å². The summed E-state index contributed by atoms with van der Waals surface area (Å²) in [6.45, 7) is 1.91. The molecule has 0 heterocycles. The van der Waals surface area contributed by atoms with Crippen molar-refractivity contribution >= 4 is 38.0 Å². The van der Waals surface area contributed by atoms with Gasteiger partial charge in [0.15, 0.2) is 0 Å². The van der Waals surface area contributed by atoms with E-state index in [2.05, 4.69) is 9.44 Å². The first-order valence-corrected chi connectivity index (χ1v) is 8.62. The zero-order chi connectivity index (χ0) is 15.3. The predicted octanol–water partition coefficient (Wildman–Crippen LogP) is -0.0703. The number of oxime groups is 1. The largest absolute Gasteiger partial charge is 1.00 e. The van der Waals surface area contributed by atoms with E-state index in [0.717, 1.165) is 16.3 Å². The fourth-order valence-electron chi connectivity index (χ4n) is 1.97. The summed E-state index contributed by atoms with van der Waals surface area (Å²) in [5.41, 5.74) is 1.000. The van der Waals surface area contributed by atoms with Crippen molar-refractivity contribution in [2.75, 3.05) is 5.75 Å². The van der Waals surface area contributed by atoms with Crippen molar-refractivity contribution in [3.05, 3.63) is 48.0 Å². The zero-order valence-corrected chi connectivity index (χ0v) is 17.1. The van der Waals surface area contributed by atoms with Gasteiger partial charge in [-0.15, -0.1) is 11.8 Å². The van der Waals surface area contributed by atoms with Crippen molar-refractivity contribution in [1.82, 2.24) is 0 Å². The normalized spacial score (nSPS) is 12.0. The summed E-state index contributed by atoms with van der Waals surface area (Å²) in [5, 5.41) is 6.07. The van der Waals surface area contributed by atoms with Crippen molar-refractivity contribution in [2.45, 2.75) is 13.3 Å². The van der Waals surface area contributed by atoms with E-state index in [1.165, 1.54) is 11.8 Å². The van der Waals surface area contributed by atoms with Crippen LogP contribution in [0, 0.1) is 0 Å². The third-order valence-electron chi connectivity index (χ3n) is 2.76. The Bertz CT molecular complexity index is 757. The number of nitrogens with zero attached hydrogens (tertiary/aromatic N) is 1. The Morgan fingerprint density at radius 2 is 1.91 bits per heavy atom. The molecule has 0 spiro atoms. The second-order valence-corrected chi connectivity index (χ2v) is 6.52. The van der Waals surface area contributed by atoms with E-state index in [0.29, 0.717) is 17.2 Å². The van der Waals surface area contributed by atoms with Gasteiger partial charge in [-0.2, -0.15) is 8.42 Å². The molecule has 5 nitrogen and oxygen atoms in total. The number of thioether (sulfide) groups is 1. The van der Waals surface area contributed by atoms with Crippen molar-refractivity contribution in [3.8, 4) is 0 Å². The molecule has 0 radical (unpaired) electrons. The summed E-state index contributed by atoms with van der Waals surface area (Å²) >= 11 is 1.34. The van der Waals surface area contributed by atoms with Gasteiger partial charge in [0.05, 0.1) is 0 Å². The van der Waals surface area contributed by atoms with Crippen LogP contribution in [0.1, 0.15) is 12.5 Å². The van der Waals surface area contributed by atoms with Gasteiger partial charge in [0.25, 0.3) is 10.4 Å². The maximum Gasteiger partial charge on any atom is 1.00 e. The summed E-state index contributed by atoms with van der Waals surface area (Å²) in [7, 11) is -4.82. The Morgan fingerprint density at radius 3 is 2.59 bits per heavy atom. The average molecular weight is 364 g/mol. The van der Waals surface area contributed by atoms with Gasteiger partial charge in [0, 0.05) is 6.42 Å². The van der Waals surface area contributed by atoms with Crippen LogP contribution < -0.4 is 51.4 Å². The fourth-order valence-corrected chi connectivity index (χ4v) is 2.88. The Hall–Kier alpha value is 0.0664. The topological polar surface area (TPSA) is 78.8 Å². The molecular weight excluding hydrogens is 349 g/mol. The van der Waals surface area contributed by atoms with E-state index >= 15 is 0 Å². The van der Waals surface area contributed by atoms with E-state index in [4.69, 9.17) is 0 Å². The summed E-state index contributed by atoms with van der Waals surface area (Å²) in [6, 6.07) is 13.8. The van der Waals surface area contributed by atoms with Gasteiger partial charge in [-0.3, -0.25) is 4.28 Å². The van der Waals surface area contributed by atoms with Crippen molar-refractivity contribution < 1.29 is 68.6 Å². The van der Waals surface area contributed by atoms with Gasteiger partial charge in [0.1, 0.15) is 5.04 Å². The molecule has 8 heteroatoms. The molecule has 0 aliphatic carbocycles. The third-order valence-corrected chi connectivity index (χ3v) is 3.86. The standard InChI is InChI=1S/C14H15NO4S2.K/c1-2-20-14(15-19-21(16,17)18)10-12-8-5-7-11-6-3-4-9-13(11)12;/h3-9H,2,10H2,1H3,(H,16,17,18);/q;+1/p-1/b15-14-;. The van der Waals surface area contributed by atoms with Gasteiger partial charge in [-0.25, -0.2) is 0 Å². The molecule has 2 aromatic carbocycles. The third kappa shape index (κ3) is 6.29. The minimum absolute atomic E-state index is 0. The monoisotopic (exact) mass is 363 g/mol.